The summed E-state index contributed by atoms with van der Waals surface area (Å²) in [7, 11) is 0. The van der Waals surface area contributed by atoms with Crippen molar-refractivity contribution in [2.75, 3.05) is 13.2 Å². The molecule has 2 heterocycles. The lowest BCUT2D eigenvalue weighted by molar-refractivity contribution is -0.275. The zero-order valence-electron chi connectivity index (χ0n) is 25.4. The number of fused-ring (bicyclic) bond motifs is 1. The first-order chi connectivity index (χ1) is 21.7. The molecule has 0 saturated heterocycles. The van der Waals surface area contributed by atoms with E-state index < -0.39 is 23.6 Å². The number of guanidine groups is 1. The zero-order chi connectivity index (χ0) is 33.6. The van der Waals surface area contributed by atoms with E-state index in [9.17, 15) is 23.1 Å². The zero-order valence-corrected chi connectivity index (χ0v) is 25.4. The van der Waals surface area contributed by atoms with Gasteiger partial charge in [0.05, 0.1) is 24.0 Å². The molecule has 2 aromatic carbocycles. The van der Waals surface area contributed by atoms with Crippen LogP contribution in [0, 0.1) is 11.2 Å². The van der Waals surface area contributed by atoms with Gasteiger partial charge in [0.25, 0.3) is 0 Å². The number of benzene rings is 2. The van der Waals surface area contributed by atoms with Gasteiger partial charge in [0.15, 0.2) is 17.5 Å². The minimum Gasteiger partial charge on any atom is -0.403 e. The van der Waals surface area contributed by atoms with Gasteiger partial charge >= 0.3 is 12.1 Å². The number of nitrogens with one attached hydrogen (secondary N) is 4. The number of aryl methyl sites for hydroxylation is 1. The summed E-state index contributed by atoms with van der Waals surface area (Å²) >= 11 is 0. The largest absolute Gasteiger partial charge is 0.573 e. The van der Waals surface area contributed by atoms with E-state index in [-0.39, 0.29) is 47.6 Å². The summed E-state index contributed by atoms with van der Waals surface area (Å²) in [6.07, 6.45) is -1.46. The number of hydrogen-bond donors (Lipinski definition) is 7. The molecule has 0 saturated carbocycles. The van der Waals surface area contributed by atoms with Crippen molar-refractivity contribution in [1.82, 2.24) is 25.2 Å². The Kier molecular flexibility index (Phi) is 11.0. The summed E-state index contributed by atoms with van der Waals surface area (Å²) in [5.41, 5.74) is 12.5. The highest BCUT2D eigenvalue weighted by Gasteiger charge is 2.33. The molecule has 11 nitrogen and oxygen atoms in total. The molecule has 0 aliphatic rings. The van der Waals surface area contributed by atoms with Crippen molar-refractivity contribution in [3.05, 3.63) is 76.1 Å². The summed E-state index contributed by atoms with van der Waals surface area (Å²) in [5.74, 6) is -2.36. The molecule has 0 amide bonds. The van der Waals surface area contributed by atoms with Crippen LogP contribution in [0.15, 0.2) is 53.5 Å². The number of alkyl halides is 3. The van der Waals surface area contributed by atoms with Gasteiger partial charge < -0.3 is 36.9 Å². The summed E-state index contributed by atoms with van der Waals surface area (Å²) in [6, 6.07) is 10.7. The number of aromatic nitrogens is 3. The Labute approximate surface area is 262 Å². The smallest absolute Gasteiger partial charge is 0.403 e. The van der Waals surface area contributed by atoms with Crippen LogP contribution in [0.4, 0.5) is 17.6 Å². The molecule has 2 aromatic heterocycles. The number of aliphatic hydroxyl groups is 1. The monoisotopic (exact) mass is 646 g/mol. The maximum Gasteiger partial charge on any atom is 0.573 e. The van der Waals surface area contributed by atoms with Gasteiger partial charge in [0.2, 0.25) is 0 Å². The van der Waals surface area contributed by atoms with Gasteiger partial charge in [-0.25, -0.2) is 9.18 Å². The molecule has 4 aromatic rings. The molecule has 46 heavy (non-hydrogen) atoms. The van der Waals surface area contributed by atoms with Crippen LogP contribution in [0.25, 0.3) is 28.0 Å². The molecular formula is C31H38F4N8O3. The molecule has 9 N–H and O–H groups in total. The minimum atomic E-state index is -5.09. The molecular weight excluding hydrogens is 608 g/mol. The first-order valence-electron chi connectivity index (χ1n) is 14.8. The number of nitrogens with zero attached hydrogens (tertiary/aromatic N) is 2. The lowest BCUT2D eigenvalue weighted by Crippen LogP contribution is -2.43. The third kappa shape index (κ3) is 9.05. The van der Waals surface area contributed by atoms with E-state index in [1.807, 2.05) is 26.0 Å². The second-order valence-electron chi connectivity index (χ2n) is 11.2. The van der Waals surface area contributed by atoms with E-state index >= 15 is 4.39 Å². The predicted octanol–water partition coefficient (Wildman–Crippen LogP) is 3.97. The minimum absolute atomic E-state index is 0.0640. The van der Waals surface area contributed by atoms with Crippen LogP contribution in [0.1, 0.15) is 50.3 Å². The average Bonchev–Trinajstić information content (AvgIpc) is 3.39. The number of aromatic amines is 1. The summed E-state index contributed by atoms with van der Waals surface area (Å²) < 4.78 is 59.9. The van der Waals surface area contributed by atoms with Crippen molar-refractivity contribution in [1.29, 1.82) is 5.41 Å². The number of aliphatic hydroxyl groups excluding tert-OH is 1. The number of H-pyrrole nitrogens is 1. The topological polar surface area (TPSA) is 180 Å². The molecule has 0 radical (unpaired) electrons. The SMILES string of the molecule is C[C@H](N)CCCc1cc(OC(F)(F)F)c(F)c(-c2cc3cn(-c4ccc([C@H](C)NCC[C@@H](CO)NC(=N)N)cc4)c(=O)nc3[nH]2)c1. The van der Waals surface area contributed by atoms with Gasteiger partial charge in [0, 0.05) is 29.2 Å². The Bertz CT molecular complexity index is 1700. The number of nitrogens with two attached hydrogens (primary N) is 2. The fourth-order valence-electron chi connectivity index (χ4n) is 5.09. The van der Waals surface area contributed by atoms with Crippen molar-refractivity contribution in [2.24, 2.45) is 11.5 Å². The van der Waals surface area contributed by atoms with Gasteiger partial charge in [-0.15, -0.1) is 13.2 Å². The number of hydrogen-bond acceptors (Lipinski definition) is 7. The van der Waals surface area contributed by atoms with Gasteiger partial charge in [0.1, 0.15) is 5.65 Å². The fourth-order valence-corrected chi connectivity index (χ4v) is 5.09. The highest BCUT2D eigenvalue weighted by atomic mass is 19.4. The molecule has 0 aliphatic carbocycles. The number of ether oxygens (including phenoxy) is 1. The lowest BCUT2D eigenvalue weighted by Gasteiger charge is -2.19. The predicted molar refractivity (Wildman–Crippen MR) is 167 cm³/mol. The van der Waals surface area contributed by atoms with E-state index in [0.29, 0.717) is 48.9 Å². The van der Waals surface area contributed by atoms with Gasteiger partial charge in [-0.05, 0) is 87.5 Å². The normalized spacial score (nSPS) is 13.8. The van der Waals surface area contributed by atoms with Crippen LogP contribution in [0.3, 0.4) is 0 Å². The van der Waals surface area contributed by atoms with Crippen molar-refractivity contribution in [3.8, 4) is 22.7 Å². The van der Waals surface area contributed by atoms with Crippen LogP contribution in [-0.4, -0.2) is 57.2 Å². The second kappa shape index (κ2) is 14.7. The number of halogens is 4. The molecule has 4 rings (SSSR count). The average molecular weight is 647 g/mol. The van der Waals surface area contributed by atoms with Gasteiger partial charge in [-0.2, -0.15) is 4.98 Å². The molecule has 0 bridgehead atoms. The lowest BCUT2D eigenvalue weighted by atomic mass is 10.0. The van der Waals surface area contributed by atoms with Gasteiger partial charge in [-0.3, -0.25) is 9.98 Å². The van der Waals surface area contributed by atoms with Crippen LogP contribution in [0.2, 0.25) is 0 Å². The van der Waals surface area contributed by atoms with Crippen molar-refractivity contribution >= 4 is 17.0 Å². The molecule has 15 heteroatoms. The van der Waals surface area contributed by atoms with Gasteiger partial charge in [-0.1, -0.05) is 12.1 Å². The van der Waals surface area contributed by atoms with E-state index in [1.54, 1.807) is 12.1 Å². The highest BCUT2D eigenvalue weighted by molar-refractivity contribution is 5.83. The van der Waals surface area contributed by atoms with E-state index in [2.05, 4.69) is 25.3 Å². The molecule has 0 unspecified atom stereocenters. The molecule has 248 valence electrons. The Morgan fingerprint density at radius 2 is 1.89 bits per heavy atom. The van der Waals surface area contributed by atoms with E-state index in [4.69, 9.17) is 16.9 Å². The van der Waals surface area contributed by atoms with E-state index in [0.717, 1.165) is 11.6 Å². The summed E-state index contributed by atoms with van der Waals surface area (Å²) in [6.45, 7) is 4.16. The first-order valence-corrected chi connectivity index (χ1v) is 14.8. The maximum absolute atomic E-state index is 15.4. The van der Waals surface area contributed by atoms with Crippen LogP contribution in [-0.2, 0) is 6.42 Å². The van der Waals surface area contributed by atoms with E-state index in [1.165, 1.54) is 22.9 Å². The third-order valence-corrected chi connectivity index (χ3v) is 7.44. The number of rotatable bonds is 14. The third-order valence-electron chi connectivity index (χ3n) is 7.44. The first kappa shape index (κ1) is 34.4. The van der Waals surface area contributed by atoms with Crippen molar-refractivity contribution in [2.45, 2.75) is 64.0 Å². The van der Waals surface area contributed by atoms with Crippen LogP contribution < -0.4 is 32.5 Å². The molecule has 0 aliphatic heterocycles. The summed E-state index contributed by atoms with van der Waals surface area (Å²) in [4.78, 5) is 19.9. The van der Waals surface area contributed by atoms with Crippen LogP contribution >= 0.6 is 0 Å². The Hall–Kier alpha value is -4.47. The van der Waals surface area contributed by atoms with Crippen LogP contribution in [0.5, 0.6) is 5.75 Å². The Morgan fingerprint density at radius 1 is 1.17 bits per heavy atom. The molecule has 0 spiro atoms. The quantitative estimate of drug-likeness (QED) is 0.0611. The maximum atomic E-state index is 15.4. The fraction of sp³-hybridized carbons (Fsp3) is 0.387. The molecule has 0 fully saturated rings. The van der Waals surface area contributed by atoms with Crippen molar-refractivity contribution < 1.29 is 27.4 Å². The Morgan fingerprint density at radius 3 is 2.52 bits per heavy atom. The summed E-state index contributed by atoms with van der Waals surface area (Å²) in [5, 5.41) is 23.2. The molecule has 3 atom stereocenters. The Balaban J connectivity index is 1.57. The highest BCUT2D eigenvalue weighted by Crippen LogP contribution is 2.35. The van der Waals surface area contributed by atoms with Crippen molar-refractivity contribution in [3.63, 3.8) is 0 Å². The standard InChI is InChI=1S/C31H38F4N8O3/c1-17(36)4-3-5-19-12-24(27(32)26(13-19)46-31(33,34)35)25-14-21-15-43(30(45)42-28(21)41-25)23-8-6-20(7-9-23)18(2)39-11-10-22(16-44)40-29(37)38/h6-9,12-15,17-18,22,39,44H,3-5,10-11,16,36H2,1-2H3,(H4,37,38,40)(H,41,42,45)/t17-,18-,22-/m0/s1. The second-order valence-corrected chi connectivity index (χ2v) is 11.2.